The maximum absolute atomic E-state index is 5.98. The molecule has 0 saturated carbocycles. The number of halogens is 1. The SMILES string of the molecule is Clc1cccc(COc2ccc3c(c2)CCc2nnnn2-3)c1. The van der Waals surface area contributed by atoms with Crippen LogP contribution in [0.5, 0.6) is 5.75 Å². The monoisotopic (exact) mass is 312 g/mol. The number of nitrogens with zero attached hydrogens (tertiary/aromatic N) is 4. The number of tetrazole rings is 1. The maximum Gasteiger partial charge on any atom is 0.157 e. The van der Waals surface area contributed by atoms with Crippen molar-refractivity contribution in [1.82, 2.24) is 20.2 Å². The molecule has 0 amide bonds. The first-order valence-corrected chi connectivity index (χ1v) is 7.45. The smallest absolute Gasteiger partial charge is 0.157 e. The predicted octanol–water partition coefficient (Wildman–Crippen LogP) is 2.99. The lowest BCUT2D eigenvalue weighted by atomic mass is 10.0. The van der Waals surface area contributed by atoms with Crippen LogP contribution < -0.4 is 4.74 Å². The fourth-order valence-corrected chi connectivity index (χ4v) is 2.86. The third-order valence-electron chi connectivity index (χ3n) is 3.73. The fourth-order valence-electron chi connectivity index (χ4n) is 2.65. The Bertz CT molecular complexity index is 831. The molecular weight excluding hydrogens is 300 g/mol. The highest BCUT2D eigenvalue weighted by Crippen LogP contribution is 2.26. The van der Waals surface area contributed by atoms with Crippen molar-refractivity contribution < 1.29 is 4.74 Å². The average Bonchev–Trinajstić information content (AvgIpc) is 3.01. The Morgan fingerprint density at radius 1 is 1.14 bits per heavy atom. The van der Waals surface area contributed by atoms with Gasteiger partial charge in [-0.15, -0.1) is 5.10 Å². The Morgan fingerprint density at radius 3 is 3.00 bits per heavy atom. The van der Waals surface area contributed by atoms with E-state index < -0.39 is 0 Å². The number of aryl methyl sites for hydroxylation is 2. The Hall–Kier alpha value is -2.40. The van der Waals surface area contributed by atoms with Gasteiger partial charge in [0, 0.05) is 11.4 Å². The van der Waals surface area contributed by atoms with Crippen LogP contribution in [0.4, 0.5) is 0 Å². The van der Waals surface area contributed by atoms with Gasteiger partial charge in [-0.1, -0.05) is 23.7 Å². The van der Waals surface area contributed by atoms with Crippen LogP contribution in [0.15, 0.2) is 42.5 Å². The minimum absolute atomic E-state index is 0.496. The van der Waals surface area contributed by atoms with Crippen LogP contribution >= 0.6 is 11.6 Å². The molecule has 0 fully saturated rings. The van der Waals surface area contributed by atoms with Crippen molar-refractivity contribution in [2.75, 3.05) is 0 Å². The summed E-state index contributed by atoms with van der Waals surface area (Å²) in [5.41, 5.74) is 3.28. The number of hydrogen-bond acceptors (Lipinski definition) is 4. The van der Waals surface area contributed by atoms with Crippen molar-refractivity contribution >= 4 is 11.6 Å². The van der Waals surface area contributed by atoms with Crippen molar-refractivity contribution in [3.8, 4) is 11.4 Å². The molecule has 0 unspecified atom stereocenters. The van der Waals surface area contributed by atoms with E-state index in [4.69, 9.17) is 16.3 Å². The molecule has 110 valence electrons. The van der Waals surface area contributed by atoms with Crippen LogP contribution in [0, 0.1) is 0 Å². The number of fused-ring (bicyclic) bond motifs is 3. The Kier molecular flexibility index (Phi) is 3.27. The van der Waals surface area contributed by atoms with E-state index >= 15 is 0 Å². The molecule has 5 nitrogen and oxygen atoms in total. The zero-order valence-electron chi connectivity index (χ0n) is 11.7. The fraction of sp³-hybridized carbons (Fsp3) is 0.188. The van der Waals surface area contributed by atoms with Gasteiger partial charge in [0.15, 0.2) is 5.82 Å². The molecule has 0 saturated heterocycles. The van der Waals surface area contributed by atoms with Gasteiger partial charge in [0.05, 0.1) is 5.69 Å². The van der Waals surface area contributed by atoms with Crippen molar-refractivity contribution in [3.05, 3.63) is 64.4 Å². The van der Waals surface area contributed by atoms with Gasteiger partial charge >= 0.3 is 0 Å². The average molecular weight is 313 g/mol. The van der Waals surface area contributed by atoms with Gasteiger partial charge in [-0.3, -0.25) is 0 Å². The molecule has 3 aromatic rings. The van der Waals surface area contributed by atoms with Crippen LogP contribution in [0.25, 0.3) is 5.69 Å². The highest BCUT2D eigenvalue weighted by atomic mass is 35.5. The van der Waals surface area contributed by atoms with E-state index in [9.17, 15) is 0 Å². The first-order chi connectivity index (χ1) is 10.8. The van der Waals surface area contributed by atoms with Crippen LogP contribution in [0.3, 0.4) is 0 Å². The minimum Gasteiger partial charge on any atom is -0.489 e. The van der Waals surface area contributed by atoms with Crippen molar-refractivity contribution in [3.63, 3.8) is 0 Å². The van der Waals surface area contributed by atoms with E-state index in [0.29, 0.717) is 6.61 Å². The van der Waals surface area contributed by atoms with Crippen molar-refractivity contribution in [1.29, 1.82) is 0 Å². The lowest BCUT2D eigenvalue weighted by Crippen LogP contribution is -2.13. The van der Waals surface area contributed by atoms with Gasteiger partial charge in [0.1, 0.15) is 12.4 Å². The Morgan fingerprint density at radius 2 is 2.09 bits per heavy atom. The van der Waals surface area contributed by atoms with Crippen LogP contribution in [0.2, 0.25) is 5.02 Å². The normalized spacial score (nSPS) is 12.6. The molecule has 1 aromatic heterocycles. The van der Waals surface area contributed by atoms with Gasteiger partial charge < -0.3 is 4.74 Å². The highest BCUT2D eigenvalue weighted by molar-refractivity contribution is 6.30. The summed E-state index contributed by atoms with van der Waals surface area (Å²) in [5.74, 6) is 1.75. The molecule has 0 spiro atoms. The van der Waals surface area contributed by atoms with Gasteiger partial charge in [-0.2, -0.15) is 4.68 Å². The van der Waals surface area contributed by atoms with E-state index in [0.717, 1.165) is 40.7 Å². The second-order valence-corrected chi connectivity index (χ2v) is 5.65. The zero-order valence-corrected chi connectivity index (χ0v) is 12.5. The summed E-state index contributed by atoms with van der Waals surface area (Å²) in [7, 11) is 0. The van der Waals surface area contributed by atoms with E-state index in [1.807, 2.05) is 36.4 Å². The third-order valence-corrected chi connectivity index (χ3v) is 3.96. The first-order valence-electron chi connectivity index (χ1n) is 7.07. The topological polar surface area (TPSA) is 52.8 Å². The summed E-state index contributed by atoms with van der Waals surface area (Å²) in [6.45, 7) is 0.496. The molecule has 2 heterocycles. The van der Waals surface area contributed by atoms with Crippen LogP contribution in [0.1, 0.15) is 17.0 Å². The number of ether oxygens (including phenoxy) is 1. The van der Waals surface area contributed by atoms with Gasteiger partial charge in [0.2, 0.25) is 0 Å². The zero-order chi connectivity index (χ0) is 14.9. The molecule has 6 heteroatoms. The van der Waals surface area contributed by atoms with Gasteiger partial charge in [0.25, 0.3) is 0 Å². The number of aromatic nitrogens is 4. The molecule has 0 N–H and O–H groups in total. The highest BCUT2D eigenvalue weighted by Gasteiger charge is 2.18. The van der Waals surface area contributed by atoms with Crippen molar-refractivity contribution in [2.24, 2.45) is 0 Å². The van der Waals surface area contributed by atoms with Crippen molar-refractivity contribution in [2.45, 2.75) is 19.4 Å². The molecule has 0 atom stereocenters. The number of hydrogen-bond donors (Lipinski definition) is 0. The van der Waals surface area contributed by atoms with E-state index in [-0.39, 0.29) is 0 Å². The summed E-state index contributed by atoms with van der Waals surface area (Å²) in [6, 6.07) is 13.7. The summed E-state index contributed by atoms with van der Waals surface area (Å²) in [6.07, 6.45) is 1.77. The molecule has 22 heavy (non-hydrogen) atoms. The first kappa shape index (κ1) is 13.3. The molecule has 0 radical (unpaired) electrons. The molecule has 4 rings (SSSR count). The predicted molar refractivity (Wildman–Crippen MR) is 82.3 cm³/mol. The maximum atomic E-state index is 5.98. The number of rotatable bonds is 3. The molecule has 0 aliphatic carbocycles. The van der Waals surface area contributed by atoms with Gasteiger partial charge in [-0.25, -0.2) is 0 Å². The van der Waals surface area contributed by atoms with E-state index in [2.05, 4.69) is 21.6 Å². The Balaban J connectivity index is 1.55. The second kappa shape index (κ2) is 5.42. The molecule has 0 bridgehead atoms. The summed E-state index contributed by atoms with van der Waals surface area (Å²) >= 11 is 5.98. The lowest BCUT2D eigenvalue weighted by Gasteiger charge is -2.17. The molecular formula is C16H13ClN4O. The standard InChI is InChI=1S/C16H13ClN4O/c17-13-3-1-2-11(8-13)10-22-14-5-6-15-12(9-14)4-7-16-18-19-20-21(15)16/h1-3,5-6,8-9H,4,7,10H2. The van der Waals surface area contributed by atoms with Crippen LogP contribution in [-0.4, -0.2) is 20.2 Å². The molecule has 1 aliphatic heterocycles. The quantitative estimate of drug-likeness (QED) is 0.746. The third kappa shape index (κ3) is 2.44. The van der Waals surface area contributed by atoms with Gasteiger partial charge in [-0.05, 0) is 58.3 Å². The van der Waals surface area contributed by atoms with Crippen LogP contribution in [-0.2, 0) is 19.4 Å². The van der Waals surface area contributed by atoms with E-state index in [1.165, 1.54) is 5.56 Å². The lowest BCUT2D eigenvalue weighted by molar-refractivity contribution is 0.306. The minimum atomic E-state index is 0.496. The summed E-state index contributed by atoms with van der Waals surface area (Å²) in [5, 5.41) is 12.5. The second-order valence-electron chi connectivity index (χ2n) is 5.22. The largest absolute Gasteiger partial charge is 0.489 e. The summed E-state index contributed by atoms with van der Waals surface area (Å²) in [4.78, 5) is 0. The Labute approximate surface area is 132 Å². The molecule has 1 aliphatic rings. The summed E-state index contributed by atoms with van der Waals surface area (Å²) < 4.78 is 7.65. The van der Waals surface area contributed by atoms with E-state index in [1.54, 1.807) is 4.68 Å². The molecule has 2 aromatic carbocycles. The number of benzene rings is 2.